The molecule has 1 saturated heterocycles. The number of amides is 2. The van der Waals surface area contributed by atoms with Gasteiger partial charge in [0.2, 0.25) is 11.8 Å². The molecule has 0 unspecified atom stereocenters. The lowest BCUT2D eigenvalue weighted by molar-refractivity contribution is -0.142. The zero-order chi connectivity index (χ0) is 26.3. The van der Waals surface area contributed by atoms with Gasteiger partial charge in [-0.1, -0.05) is 45.0 Å². The van der Waals surface area contributed by atoms with Crippen LogP contribution in [0, 0.1) is 12.3 Å². The van der Waals surface area contributed by atoms with Crippen LogP contribution in [0.25, 0.3) is 10.4 Å². The zero-order valence-corrected chi connectivity index (χ0v) is 22.9. The van der Waals surface area contributed by atoms with E-state index < -0.39 is 18.2 Å². The molecule has 0 radical (unpaired) electrons. The third-order valence-corrected chi connectivity index (χ3v) is 7.40. The third-order valence-electron chi connectivity index (χ3n) is 6.42. The number of thiazole rings is 1. The van der Waals surface area contributed by atoms with Gasteiger partial charge in [-0.15, -0.1) is 11.3 Å². The average molecular weight is 517 g/mol. The number of aryl methyl sites for hydroxylation is 1. The lowest BCUT2D eigenvalue weighted by atomic mass is 9.85. The Bertz CT molecular complexity index is 1000. The van der Waals surface area contributed by atoms with E-state index in [2.05, 4.69) is 15.6 Å². The Balaban J connectivity index is 1.61. The van der Waals surface area contributed by atoms with Crippen LogP contribution in [-0.2, 0) is 20.9 Å². The summed E-state index contributed by atoms with van der Waals surface area (Å²) in [6.45, 7) is 12.4. The molecule has 8 nitrogen and oxygen atoms in total. The van der Waals surface area contributed by atoms with Crippen molar-refractivity contribution in [1.82, 2.24) is 20.5 Å². The van der Waals surface area contributed by atoms with Gasteiger partial charge < -0.3 is 25.4 Å². The molecule has 0 aliphatic carbocycles. The molecule has 2 aromatic rings. The number of ether oxygens (including phenoxy) is 1. The highest BCUT2D eigenvalue weighted by molar-refractivity contribution is 7.13. The number of likely N-dealkylation sites (tertiary alicyclic amines) is 1. The predicted octanol–water partition coefficient (Wildman–Crippen LogP) is 3.13. The van der Waals surface area contributed by atoms with Gasteiger partial charge >= 0.3 is 0 Å². The summed E-state index contributed by atoms with van der Waals surface area (Å²) in [5.74, 6) is -0.397. The molecule has 1 aromatic carbocycles. The minimum atomic E-state index is -0.717. The molecule has 1 aromatic heterocycles. The molecule has 0 bridgehead atoms. The van der Waals surface area contributed by atoms with E-state index in [1.807, 2.05) is 64.4 Å². The predicted molar refractivity (Wildman–Crippen MR) is 143 cm³/mol. The first-order valence-corrected chi connectivity index (χ1v) is 13.6. The Kier molecular flexibility index (Phi) is 10.0. The van der Waals surface area contributed by atoms with E-state index in [0.29, 0.717) is 26.3 Å². The fourth-order valence-electron chi connectivity index (χ4n) is 4.46. The molecular formula is C27H40N4O4S. The third kappa shape index (κ3) is 7.35. The van der Waals surface area contributed by atoms with Gasteiger partial charge in [0.25, 0.3) is 0 Å². The molecule has 1 aliphatic rings. The maximum Gasteiger partial charge on any atom is 0.243 e. The fourth-order valence-corrected chi connectivity index (χ4v) is 5.27. The maximum absolute atomic E-state index is 13.6. The van der Waals surface area contributed by atoms with Crippen molar-refractivity contribution in [3.05, 3.63) is 41.0 Å². The first-order chi connectivity index (χ1) is 17.1. The Morgan fingerprint density at radius 3 is 2.61 bits per heavy atom. The molecule has 198 valence electrons. The van der Waals surface area contributed by atoms with Crippen LogP contribution in [0.3, 0.4) is 0 Å². The van der Waals surface area contributed by atoms with Crippen LogP contribution < -0.4 is 10.6 Å². The van der Waals surface area contributed by atoms with Gasteiger partial charge in [0.15, 0.2) is 0 Å². The van der Waals surface area contributed by atoms with Crippen molar-refractivity contribution < 1.29 is 19.4 Å². The second-order valence-electron chi connectivity index (χ2n) is 10.4. The topological polar surface area (TPSA) is 104 Å². The number of β-amino-alcohol motifs (C(OH)–C–C–N with tert-alkyl or cyclic N) is 1. The number of nitrogens with one attached hydrogen (secondary N) is 2. The van der Waals surface area contributed by atoms with Crippen molar-refractivity contribution in [2.45, 2.75) is 72.2 Å². The second-order valence-corrected chi connectivity index (χ2v) is 11.2. The highest BCUT2D eigenvalue weighted by Gasteiger charge is 2.43. The van der Waals surface area contributed by atoms with Gasteiger partial charge in [0.05, 0.1) is 28.2 Å². The molecule has 0 spiro atoms. The monoisotopic (exact) mass is 516 g/mol. The number of rotatable bonds is 11. The summed E-state index contributed by atoms with van der Waals surface area (Å²) in [4.78, 5) is 33.7. The van der Waals surface area contributed by atoms with Crippen LogP contribution in [0.4, 0.5) is 0 Å². The Hall–Kier alpha value is -2.33. The van der Waals surface area contributed by atoms with Crippen molar-refractivity contribution in [3.8, 4) is 10.4 Å². The van der Waals surface area contributed by atoms with E-state index in [-0.39, 0.29) is 30.2 Å². The molecule has 9 heteroatoms. The SMILES string of the molecule is CCOCCCN[C@H](C(=O)N1C[C@H](O)C[C@H]1C(=O)NCc1ccc(-c2scnc2C)cc1)C(C)(C)C. The standard InChI is InChI=1S/C27H40N4O4S/c1-6-35-13-7-12-28-24(27(3,4)5)26(34)31-16-21(32)14-22(31)25(33)29-15-19-8-10-20(11-9-19)23-18(2)30-17-36-23/h8-11,17,21-22,24,28,32H,6-7,12-16H2,1-5H3,(H,29,33)/t21-,22+,24-/m1/s1. The molecule has 1 fully saturated rings. The Labute approximate surface area is 218 Å². The van der Waals surface area contributed by atoms with Gasteiger partial charge in [-0.2, -0.15) is 0 Å². The first-order valence-electron chi connectivity index (χ1n) is 12.7. The Morgan fingerprint density at radius 1 is 1.28 bits per heavy atom. The minimum absolute atomic E-state index is 0.153. The van der Waals surface area contributed by atoms with Crippen molar-refractivity contribution in [2.24, 2.45) is 5.41 Å². The van der Waals surface area contributed by atoms with Gasteiger partial charge in [-0.3, -0.25) is 9.59 Å². The number of aliphatic hydroxyl groups excluding tert-OH is 1. The van der Waals surface area contributed by atoms with Gasteiger partial charge in [0.1, 0.15) is 6.04 Å². The number of aliphatic hydroxyl groups is 1. The molecule has 36 heavy (non-hydrogen) atoms. The molecule has 3 atom stereocenters. The van der Waals surface area contributed by atoms with E-state index in [4.69, 9.17) is 4.74 Å². The van der Waals surface area contributed by atoms with Gasteiger partial charge in [-0.05, 0) is 43.4 Å². The summed E-state index contributed by atoms with van der Waals surface area (Å²) >= 11 is 1.61. The summed E-state index contributed by atoms with van der Waals surface area (Å²) in [6, 6.07) is 6.88. The highest BCUT2D eigenvalue weighted by atomic mass is 32.1. The normalized spacial score (nSPS) is 18.9. The summed E-state index contributed by atoms with van der Waals surface area (Å²) < 4.78 is 5.39. The molecule has 3 rings (SSSR count). The van der Waals surface area contributed by atoms with Crippen molar-refractivity contribution in [3.63, 3.8) is 0 Å². The maximum atomic E-state index is 13.6. The number of aromatic nitrogens is 1. The Morgan fingerprint density at radius 2 is 2.00 bits per heavy atom. The fraction of sp³-hybridized carbons (Fsp3) is 0.593. The van der Waals surface area contributed by atoms with Crippen LogP contribution in [-0.4, -0.2) is 71.3 Å². The molecule has 2 heterocycles. The van der Waals surface area contributed by atoms with Crippen LogP contribution in [0.5, 0.6) is 0 Å². The molecule has 1 aliphatic heterocycles. The van der Waals surface area contributed by atoms with Crippen LogP contribution in [0.15, 0.2) is 29.8 Å². The van der Waals surface area contributed by atoms with Crippen LogP contribution in [0.1, 0.15) is 51.8 Å². The van der Waals surface area contributed by atoms with E-state index >= 15 is 0 Å². The summed E-state index contributed by atoms with van der Waals surface area (Å²) in [7, 11) is 0. The summed E-state index contributed by atoms with van der Waals surface area (Å²) in [5.41, 5.74) is 4.55. The molecular weight excluding hydrogens is 476 g/mol. The summed E-state index contributed by atoms with van der Waals surface area (Å²) in [5, 5.41) is 16.7. The van der Waals surface area contributed by atoms with Crippen molar-refractivity contribution >= 4 is 23.2 Å². The molecule has 2 amide bonds. The number of hydrogen-bond acceptors (Lipinski definition) is 7. The lowest BCUT2D eigenvalue weighted by Gasteiger charge is -2.35. The molecule has 3 N–H and O–H groups in total. The molecule has 0 saturated carbocycles. The van der Waals surface area contributed by atoms with Gasteiger partial charge in [0, 0.05) is 32.7 Å². The van der Waals surface area contributed by atoms with Crippen molar-refractivity contribution in [2.75, 3.05) is 26.3 Å². The number of benzene rings is 1. The van der Waals surface area contributed by atoms with Crippen LogP contribution in [0.2, 0.25) is 0 Å². The largest absolute Gasteiger partial charge is 0.391 e. The van der Waals surface area contributed by atoms with Crippen LogP contribution >= 0.6 is 11.3 Å². The summed E-state index contributed by atoms with van der Waals surface area (Å²) in [6.07, 6.45) is 0.314. The highest BCUT2D eigenvalue weighted by Crippen LogP contribution is 2.28. The number of carbonyl (C=O) groups is 2. The zero-order valence-electron chi connectivity index (χ0n) is 22.0. The average Bonchev–Trinajstić information content (AvgIpc) is 3.44. The number of hydrogen-bond donors (Lipinski definition) is 3. The van der Waals surface area contributed by atoms with E-state index in [1.165, 1.54) is 0 Å². The second kappa shape index (κ2) is 12.8. The lowest BCUT2D eigenvalue weighted by Crippen LogP contribution is -2.56. The van der Waals surface area contributed by atoms with E-state index in [0.717, 1.165) is 28.1 Å². The van der Waals surface area contributed by atoms with Gasteiger partial charge in [-0.25, -0.2) is 4.98 Å². The number of carbonyl (C=O) groups excluding carboxylic acids is 2. The van der Waals surface area contributed by atoms with E-state index in [9.17, 15) is 14.7 Å². The van der Waals surface area contributed by atoms with Crippen molar-refractivity contribution in [1.29, 1.82) is 0 Å². The van der Waals surface area contributed by atoms with E-state index in [1.54, 1.807) is 16.2 Å². The quantitative estimate of drug-likeness (QED) is 0.397. The number of nitrogens with zero attached hydrogens (tertiary/aromatic N) is 2. The smallest absolute Gasteiger partial charge is 0.243 e. The first kappa shape index (κ1) is 28.2. The minimum Gasteiger partial charge on any atom is -0.391 e.